The van der Waals surface area contributed by atoms with Gasteiger partial charge in [0.15, 0.2) is 5.78 Å². The highest BCUT2D eigenvalue weighted by Gasteiger charge is 2.30. The van der Waals surface area contributed by atoms with Crippen molar-refractivity contribution in [3.8, 4) is 0 Å². The van der Waals surface area contributed by atoms with Gasteiger partial charge in [0.05, 0.1) is 5.56 Å². The molecular weight excluding hydrogens is 255 g/mol. The van der Waals surface area contributed by atoms with Crippen LogP contribution in [0, 0.1) is 11.8 Å². The molecule has 106 valence electrons. The number of Topliss-reactive ketones (excluding diaryl/α,β-unsaturated/α-hetero) is 1. The van der Waals surface area contributed by atoms with Crippen molar-refractivity contribution in [1.29, 1.82) is 0 Å². The van der Waals surface area contributed by atoms with Crippen molar-refractivity contribution in [1.82, 2.24) is 0 Å². The summed E-state index contributed by atoms with van der Waals surface area (Å²) < 4.78 is 37.2. The van der Waals surface area contributed by atoms with E-state index in [0.29, 0.717) is 12.3 Å². The molecule has 2 nitrogen and oxygen atoms in total. The molecule has 0 aromatic heterocycles. The minimum absolute atomic E-state index is 0.190. The fraction of sp³-hybridized carbons (Fsp3) is 0.500. The maximum absolute atomic E-state index is 12.4. The third-order valence-corrected chi connectivity index (χ3v) is 2.91. The quantitative estimate of drug-likeness (QED) is 0.834. The van der Waals surface area contributed by atoms with Crippen LogP contribution in [0.25, 0.3) is 0 Å². The van der Waals surface area contributed by atoms with Crippen molar-refractivity contribution in [2.45, 2.75) is 26.4 Å². The molecule has 0 saturated carbocycles. The molecule has 0 saturated heterocycles. The van der Waals surface area contributed by atoms with Crippen LogP contribution in [0.15, 0.2) is 24.3 Å². The summed E-state index contributed by atoms with van der Waals surface area (Å²) in [6, 6.07) is 4.29. The van der Waals surface area contributed by atoms with Gasteiger partial charge in [-0.1, -0.05) is 26.0 Å². The molecule has 5 heteroatoms. The standard InChI is InChI=1S/C14H18F3NO/c1-9(2)7-11(8-18)13(19)10-3-5-12(6-4-10)14(15,16)17/h3-6,9,11H,7-8,18H2,1-2H3. The first kappa shape index (κ1) is 15.7. The molecule has 0 spiro atoms. The Labute approximate surface area is 110 Å². The molecular formula is C14H18F3NO. The zero-order valence-electron chi connectivity index (χ0n) is 11.0. The van der Waals surface area contributed by atoms with Crippen LogP contribution in [-0.2, 0) is 6.18 Å². The van der Waals surface area contributed by atoms with Crippen molar-refractivity contribution in [2.24, 2.45) is 17.6 Å². The summed E-state index contributed by atoms with van der Waals surface area (Å²) in [5, 5.41) is 0. The van der Waals surface area contributed by atoms with Crippen LogP contribution >= 0.6 is 0 Å². The van der Waals surface area contributed by atoms with E-state index in [1.807, 2.05) is 13.8 Å². The number of alkyl halides is 3. The lowest BCUT2D eigenvalue weighted by molar-refractivity contribution is -0.137. The Bertz CT molecular complexity index is 423. The maximum Gasteiger partial charge on any atom is 0.416 e. The van der Waals surface area contributed by atoms with E-state index >= 15 is 0 Å². The van der Waals surface area contributed by atoms with Gasteiger partial charge in [-0.15, -0.1) is 0 Å². The van der Waals surface area contributed by atoms with E-state index in [0.717, 1.165) is 12.1 Å². The smallest absolute Gasteiger partial charge is 0.330 e. The monoisotopic (exact) mass is 273 g/mol. The van der Waals surface area contributed by atoms with Gasteiger partial charge >= 0.3 is 6.18 Å². The largest absolute Gasteiger partial charge is 0.416 e. The zero-order valence-corrected chi connectivity index (χ0v) is 11.0. The number of carbonyl (C=O) groups is 1. The summed E-state index contributed by atoms with van der Waals surface area (Å²) >= 11 is 0. The maximum atomic E-state index is 12.4. The van der Waals surface area contributed by atoms with Gasteiger partial charge in [0.1, 0.15) is 0 Å². The number of benzene rings is 1. The number of rotatable bonds is 5. The minimum atomic E-state index is -4.38. The van der Waals surface area contributed by atoms with Crippen molar-refractivity contribution < 1.29 is 18.0 Å². The van der Waals surface area contributed by atoms with Crippen LogP contribution in [0.1, 0.15) is 36.2 Å². The lowest BCUT2D eigenvalue weighted by Gasteiger charge is -2.16. The third kappa shape index (κ3) is 4.35. The Kier molecular flexibility index (Phi) is 5.11. The van der Waals surface area contributed by atoms with Crippen LogP contribution in [0.4, 0.5) is 13.2 Å². The highest BCUT2D eigenvalue weighted by Crippen LogP contribution is 2.29. The molecule has 0 aliphatic rings. The molecule has 1 unspecified atom stereocenters. The molecule has 2 N–H and O–H groups in total. The van der Waals surface area contributed by atoms with Gasteiger partial charge in [0.2, 0.25) is 0 Å². The lowest BCUT2D eigenvalue weighted by Crippen LogP contribution is -2.25. The summed E-state index contributed by atoms with van der Waals surface area (Å²) in [6.07, 6.45) is -3.75. The van der Waals surface area contributed by atoms with E-state index in [1.54, 1.807) is 0 Å². The first-order valence-electron chi connectivity index (χ1n) is 6.17. The van der Waals surface area contributed by atoms with Gasteiger partial charge in [-0.25, -0.2) is 0 Å². The van der Waals surface area contributed by atoms with E-state index in [1.165, 1.54) is 12.1 Å². The van der Waals surface area contributed by atoms with Crippen LogP contribution in [-0.4, -0.2) is 12.3 Å². The summed E-state index contributed by atoms with van der Waals surface area (Å²) in [7, 11) is 0. The second-order valence-electron chi connectivity index (χ2n) is 5.00. The summed E-state index contributed by atoms with van der Waals surface area (Å²) in [4.78, 5) is 12.1. The van der Waals surface area contributed by atoms with E-state index in [2.05, 4.69) is 0 Å². The summed E-state index contributed by atoms with van der Waals surface area (Å²) in [6.45, 7) is 4.16. The minimum Gasteiger partial charge on any atom is -0.330 e. The van der Waals surface area contributed by atoms with Crippen molar-refractivity contribution in [2.75, 3.05) is 6.54 Å². The highest BCUT2D eigenvalue weighted by atomic mass is 19.4. The first-order valence-corrected chi connectivity index (χ1v) is 6.17. The lowest BCUT2D eigenvalue weighted by atomic mass is 9.89. The Balaban J connectivity index is 2.88. The average molecular weight is 273 g/mol. The van der Waals surface area contributed by atoms with E-state index in [-0.39, 0.29) is 23.8 Å². The molecule has 19 heavy (non-hydrogen) atoms. The molecule has 1 aromatic rings. The van der Waals surface area contributed by atoms with Crippen LogP contribution in [0.3, 0.4) is 0 Å². The highest BCUT2D eigenvalue weighted by molar-refractivity contribution is 5.98. The Hall–Kier alpha value is -1.36. The van der Waals surface area contributed by atoms with Crippen molar-refractivity contribution in [3.63, 3.8) is 0 Å². The molecule has 0 bridgehead atoms. The van der Waals surface area contributed by atoms with Gasteiger partial charge in [-0.2, -0.15) is 13.2 Å². The van der Waals surface area contributed by atoms with E-state index in [9.17, 15) is 18.0 Å². The fourth-order valence-corrected chi connectivity index (χ4v) is 1.94. The van der Waals surface area contributed by atoms with Crippen LogP contribution in [0.2, 0.25) is 0 Å². The molecule has 1 aromatic carbocycles. The van der Waals surface area contributed by atoms with Gasteiger partial charge in [0.25, 0.3) is 0 Å². The Morgan fingerprint density at radius 2 is 1.74 bits per heavy atom. The van der Waals surface area contributed by atoms with Crippen LogP contribution in [0.5, 0.6) is 0 Å². The molecule has 0 radical (unpaired) electrons. The van der Waals surface area contributed by atoms with Crippen molar-refractivity contribution >= 4 is 5.78 Å². The van der Waals surface area contributed by atoms with Crippen molar-refractivity contribution in [3.05, 3.63) is 35.4 Å². The predicted molar refractivity (Wildman–Crippen MR) is 67.8 cm³/mol. The van der Waals surface area contributed by atoms with Gasteiger partial charge in [-0.05, 0) is 24.5 Å². The van der Waals surface area contributed by atoms with Gasteiger partial charge in [-0.3, -0.25) is 4.79 Å². The number of hydrogen-bond donors (Lipinski definition) is 1. The van der Waals surface area contributed by atoms with E-state index in [4.69, 9.17) is 5.73 Å². The molecule has 1 rings (SSSR count). The third-order valence-electron chi connectivity index (χ3n) is 2.91. The number of nitrogens with two attached hydrogens (primary N) is 1. The topological polar surface area (TPSA) is 43.1 Å². The number of halogens is 3. The fourth-order valence-electron chi connectivity index (χ4n) is 1.94. The van der Waals surface area contributed by atoms with Crippen LogP contribution < -0.4 is 5.73 Å². The molecule has 1 atom stereocenters. The molecule has 0 amide bonds. The second-order valence-corrected chi connectivity index (χ2v) is 5.00. The molecule has 0 aliphatic carbocycles. The van der Waals surface area contributed by atoms with Gasteiger partial charge in [0, 0.05) is 18.0 Å². The number of carbonyl (C=O) groups excluding carboxylic acids is 1. The second kappa shape index (κ2) is 6.19. The van der Waals surface area contributed by atoms with Gasteiger partial charge < -0.3 is 5.73 Å². The first-order chi connectivity index (χ1) is 8.75. The predicted octanol–water partition coefficient (Wildman–Crippen LogP) is 3.51. The molecule has 0 heterocycles. The number of ketones is 1. The summed E-state index contributed by atoms with van der Waals surface area (Å²) in [5.74, 6) is -0.214. The average Bonchev–Trinajstić information content (AvgIpc) is 2.34. The Morgan fingerprint density at radius 1 is 1.21 bits per heavy atom. The van der Waals surface area contributed by atoms with E-state index < -0.39 is 11.7 Å². The SMILES string of the molecule is CC(C)CC(CN)C(=O)c1ccc(C(F)(F)F)cc1. The zero-order chi connectivity index (χ0) is 14.6. The molecule has 0 aliphatic heterocycles. The Morgan fingerprint density at radius 3 is 2.11 bits per heavy atom. The molecule has 0 fully saturated rings. The number of hydrogen-bond acceptors (Lipinski definition) is 2. The normalized spacial score (nSPS) is 13.6. The summed E-state index contributed by atoms with van der Waals surface area (Å²) in [5.41, 5.74) is 5.09.